The molecule has 0 unspecified atom stereocenters. The van der Waals surface area contributed by atoms with Crippen LogP contribution in [0.5, 0.6) is 0 Å². The minimum atomic E-state index is 0.883. The van der Waals surface area contributed by atoms with E-state index in [4.69, 9.17) is 0 Å². The number of thiophene rings is 1. The van der Waals surface area contributed by atoms with Gasteiger partial charge in [-0.25, -0.2) is 0 Å². The van der Waals surface area contributed by atoms with Crippen molar-refractivity contribution < 1.29 is 0 Å². The lowest BCUT2D eigenvalue weighted by Crippen LogP contribution is -1.97. The Labute approximate surface area is 105 Å². The van der Waals surface area contributed by atoms with E-state index in [1.165, 1.54) is 21.3 Å². The van der Waals surface area contributed by atoms with Gasteiger partial charge in [-0.1, -0.05) is 36.4 Å². The molecule has 3 aromatic rings. The summed E-state index contributed by atoms with van der Waals surface area (Å²) in [6.45, 7) is 0.883. The number of nitrogens with one attached hydrogen (secondary N) is 1. The number of hydrogen-bond acceptors (Lipinski definition) is 2. The third-order valence-corrected chi connectivity index (χ3v) is 3.83. The summed E-state index contributed by atoms with van der Waals surface area (Å²) in [6.07, 6.45) is 0. The fraction of sp³-hybridized carbons (Fsp3) is 0.0667. The highest BCUT2D eigenvalue weighted by atomic mass is 32.1. The Morgan fingerprint density at radius 2 is 1.65 bits per heavy atom. The van der Waals surface area contributed by atoms with Gasteiger partial charge < -0.3 is 5.32 Å². The Morgan fingerprint density at radius 1 is 0.882 bits per heavy atom. The third-order valence-electron chi connectivity index (χ3n) is 2.82. The molecule has 84 valence electrons. The molecule has 0 aliphatic carbocycles. The largest absolute Gasteiger partial charge is 0.381 e. The van der Waals surface area contributed by atoms with E-state index >= 15 is 0 Å². The van der Waals surface area contributed by atoms with Crippen molar-refractivity contribution in [2.24, 2.45) is 0 Å². The van der Waals surface area contributed by atoms with Crippen LogP contribution in [0.4, 0.5) is 5.69 Å². The maximum absolute atomic E-state index is 3.45. The van der Waals surface area contributed by atoms with E-state index in [0.717, 1.165) is 6.54 Å². The molecule has 1 heterocycles. The lowest BCUT2D eigenvalue weighted by Gasteiger charge is -2.05. The predicted octanol–water partition coefficient (Wildman–Crippen LogP) is 4.51. The number of rotatable bonds is 3. The molecule has 2 heteroatoms. The van der Waals surface area contributed by atoms with Gasteiger partial charge in [-0.05, 0) is 34.5 Å². The smallest absolute Gasteiger partial charge is 0.0415 e. The second-order valence-corrected chi connectivity index (χ2v) is 4.89. The topological polar surface area (TPSA) is 12.0 Å². The molecule has 0 aliphatic heterocycles. The molecule has 0 aliphatic rings. The molecule has 0 amide bonds. The van der Waals surface area contributed by atoms with Crippen LogP contribution >= 0.6 is 11.3 Å². The van der Waals surface area contributed by atoms with E-state index in [2.05, 4.69) is 47.1 Å². The number of anilines is 1. The molecular formula is C15H13NS. The molecular weight excluding hydrogens is 226 g/mol. The van der Waals surface area contributed by atoms with Crippen molar-refractivity contribution in [2.75, 3.05) is 5.32 Å². The van der Waals surface area contributed by atoms with Crippen LogP contribution in [0.3, 0.4) is 0 Å². The summed E-state index contributed by atoms with van der Waals surface area (Å²) in [4.78, 5) is 0. The maximum atomic E-state index is 3.45. The van der Waals surface area contributed by atoms with Crippen molar-refractivity contribution in [1.82, 2.24) is 0 Å². The lowest BCUT2D eigenvalue weighted by atomic mass is 10.2. The second-order valence-electron chi connectivity index (χ2n) is 3.98. The van der Waals surface area contributed by atoms with Crippen molar-refractivity contribution in [3.63, 3.8) is 0 Å². The minimum Gasteiger partial charge on any atom is -0.381 e. The predicted molar refractivity (Wildman–Crippen MR) is 75.6 cm³/mol. The Kier molecular flexibility index (Phi) is 2.80. The molecule has 0 fully saturated rings. The zero-order chi connectivity index (χ0) is 11.5. The van der Waals surface area contributed by atoms with Gasteiger partial charge in [0, 0.05) is 16.9 Å². The van der Waals surface area contributed by atoms with Crippen molar-refractivity contribution >= 4 is 27.1 Å². The van der Waals surface area contributed by atoms with Gasteiger partial charge >= 0.3 is 0 Å². The fourth-order valence-corrected chi connectivity index (χ4v) is 2.89. The van der Waals surface area contributed by atoms with Crippen LogP contribution in [-0.2, 0) is 6.54 Å². The van der Waals surface area contributed by atoms with E-state index < -0.39 is 0 Å². The third kappa shape index (κ3) is 2.17. The van der Waals surface area contributed by atoms with E-state index in [-0.39, 0.29) is 0 Å². The van der Waals surface area contributed by atoms with Gasteiger partial charge in [0.15, 0.2) is 0 Å². The van der Waals surface area contributed by atoms with E-state index in [0.29, 0.717) is 0 Å². The first-order valence-corrected chi connectivity index (χ1v) is 6.55. The monoisotopic (exact) mass is 239 g/mol. The number of benzene rings is 2. The normalized spacial score (nSPS) is 10.6. The van der Waals surface area contributed by atoms with Gasteiger partial charge in [0.05, 0.1) is 0 Å². The Bertz CT molecular complexity index is 613. The molecule has 1 aromatic heterocycles. The summed E-state index contributed by atoms with van der Waals surface area (Å²) < 4.78 is 1.36. The zero-order valence-electron chi connectivity index (χ0n) is 9.39. The highest BCUT2D eigenvalue weighted by Crippen LogP contribution is 2.26. The first-order valence-electron chi connectivity index (χ1n) is 5.67. The Hall–Kier alpha value is -1.80. The van der Waals surface area contributed by atoms with E-state index in [1.807, 2.05) is 29.5 Å². The van der Waals surface area contributed by atoms with E-state index in [9.17, 15) is 0 Å². The molecule has 0 saturated heterocycles. The molecule has 1 N–H and O–H groups in total. The molecule has 3 rings (SSSR count). The van der Waals surface area contributed by atoms with Gasteiger partial charge in [-0.15, -0.1) is 11.3 Å². The summed E-state index contributed by atoms with van der Waals surface area (Å²) in [6, 6.07) is 18.9. The van der Waals surface area contributed by atoms with Crippen LogP contribution in [0.25, 0.3) is 10.1 Å². The fourth-order valence-electron chi connectivity index (χ4n) is 1.92. The summed E-state index contributed by atoms with van der Waals surface area (Å²) in [5, 5.41) is 7.04. The Morgan fingerprint density at radius 3 is 2.53 bits per heavy atom. The summed E-state index contributed by atoms with van der Waals surface area (Å²) in [7, 11) is 0. The molecule has 0 radical (unpaired) electrons. The van der Waals surface area contributed by atoms with Crippen LogP contribution in [0.15, 0.2) is 60.0 Å². The molecule has 17 heavy (non-hydrogen) atoms. The van der Waals surface area contributed by atoms with Crippen LogP contribution in [0.2, 0.25) is 0 Å². The first kappa shape index (κ1) is 10.4. The maximum Gasteiger partial charge on any atom is 0.0415 e. The van der Waals surface area contributed by atoms with Crippen LogP contribution in [-0.4, -0.2) is 0 Å². The Balaban J connectivity index is 1.82. The molecule has 0 spiro atoms. The highest BCUT2D eigenvalue weighted by Gasteiger charge is 2.02. The summed E-state index contributed by atoms with van der Waals surface area (Å²) in [5.41, 5.74) is 2.54. The van der Waals surface area contributed by atoms with E-state index in [1.54, 1.807) is 0 Å². The van der Waals surface area contributed by atoms with Gasteiger partial charge in [0.2, 0.25) is 0 Å². The van der Waals surface area contributed by atoms with Crippen LogP contribution in [0, 0.1) is 0 Å². The van der Waals surface area contributed by atoms with Crippen molar-refractivity contribution in [3.8, 4) is 0 Å². The zero-order valence-corrected chi connectivity index (χ0v) is 10.2. The number of fused-ring (bicyclic) bond motifs is 1. The van der Waals surface area contributed by atoms with Gasteiger partial charge in [0.1, 0.15) is 0 Å². The minimum absolute atomic E-state index is 0.883. The average Bonchev–Trinajstić information content (AvgIpc) is 2.81. The molecule has 0 saturated carbocycles. The molecule has 0 atom stereocenters. The van der Waals surface area contributed by atoms with Gasteiger partial charge in [0.25, 0.3) is 0 Å². The van der Waals surface area contributed by atoms with Crippen molar-refractivity contribution in [2.45, 2.75) is 6.54 Å². The van der Waals surface area contributed by atoms with Gasteiger partial charge in [-0.2, -0.15) is 0 Å². The average molecular weight is 239 g/mol. The summed E-state index contributed by atoms with van der Waals surface area (Å²) >= 11 is 1.81. The SMILES string of the molecule is c1ccc(NCc2csc3ccccc23)cc1. The summed E-state index contributed by atoms with van der Waals surface area (Å²) in [5.74, 6) is 0. The van der Waals surface area contributed by atoms with Crippen LogP contribution < -0.4 is 5.32 Å². The van der Waals surface area contributed by atoms with Crippen molar-refractivity contribution in [1.29, 1.82) is 0 Å². The quantitative estimate of drug-likeness (QED) is 0.709. The molecule has 2 aromatic carbocycles. The second kappa shape index (κ2) is 4.60. The first-order chi connectivity index (χ1) is 8.43. The highest BCUT2D eigenvalue weighted by molar-refractivity contribution is 7.17. The van der Waals surface area contributed by atoms with Crippen LogP contribution in [0.1, 0.15) is 5.56 Å². The standard InChI is InChI=1S/C15H13NS/c1-2-6-13(7-3-1)16-10-12-11-17-15-9-5-4-8-14(12)15/h1-9,11,16H,10H2. The number of para-hydroxylation sites is 1. The lowest BCUT2D eigenvalue weighted by molar-refractivity contribution is 1.18. The molecule has 1 nitrogen and oxygen atoms in total. The van der Waals surface area contributed by atoms with Crippen molar-refractivity contribution in [3.05, 3.63) is 65.5 Å². The van der Waals surface area contributed by atoms with Gasteiger partial charge in [-0.3, -0.25) is 0 Å². The molecule has 0 bridgehead atoms. The number of hydrogen-bond donors (Lipinski definition) is 1.